The zero-order valence-corrected chi connectivity index (χ0v) is 24.8. The number of hydrogen-bond donors (Lipinski definition) is 3. The number of pyridine rings is 1. The van der Waals surface area contributed by atoms with Crippen molar-refractivity contribution in [2.45, 2.75) is 57.6 Å². The van der Waals surface area contributed by atoms with Crippen molar-refractivity contribution in [1.82, 2.24) is 15.2 Å². The van der Waals surface area contributed by atoms with Gasteiger partial charge in [-0.15, -0.1) is 0 Å². The number of aliphatic carboxylic acids is 1. The molecule has 1 heterocycles. The Morgan fingerprint density at radius 1 is 1.07 bits per heavy atom. The molecule has 1 amide bonds. The van der Waals surface area contributed by atoms with Crippen LogP contribution in [0.3, 0.4) is 0 Å². The minimum Gasteiger partial charge on any atom is -0.492 e. The van der Waals surface area contributed by atoms with Gasteiger partial charge in [-0.1, -0.05) is 41.4 Å². The number of nitrogens with zero attached hydrogens (tertiary/aromatic N) is 2. The van der Waals surface area contributed by atoms with Crippen molar-refractivity contribution in [2.75, 3.05) is 27.2 Å². The third-order valence-corrected chi connectivity index (χ3v) is 7.89. The Kier molecular flexibility index (Phi) is 9.68. The molecule has 0 atom stereocenters. The third kappa shape index (κ3) is 7.25. The standard InChI is InChI=1S/C32H38ClN3O5/c1-20-6-8-24(21(2)18-20)25-9-11-27(30(38)35-32(31(39)40)14-12-23(37)13-15-32)34-29(25)22-7-10-26(33)28(19-22)41-17-5-16-36(3)4/h6-11,18-19,23,37H,5,12-17H2,1-4H3,(H,35,38)(H,39,40). The van der Waals surface area contributed by atoms with Crippen LogP contribution in [0.25, 0.3) is 22.4 Å². The number of carboxylic acid groups (broad SMARTS) is 1. The number of amides is 1. The first kappa shape index (κ1) is 30.5. The number of carbonyl (C=O) groups excluding carboxylic acids is 1. The van der Waals surface area contributed by atoms with Gasteiger partial charge >= 0.3 is 5.97 Å². The highest BCUT2D eigenvalue weighted by molar-refractivity contribution is 6.32. The van der Waals surface area contributed by atoms with Crippen molar-refractivity contribution in [3.63, 3.8) is 0 Å². The lowest BCUT2D eigenvalue weighted by Gasteiger charge is -2.35. The first-order valence-corrected chi connectivity index (χ1v) is 14.3. The number of carbonyl (C=O) groups is 2. The highest BCUT2D eigenvalue weighted by Gasteiger charge is 2.43. The van der Waals surface area contributed by atoms with E-state index in [4.69, 9.17) is 21.3 Å². The van der Waals surface area contributed by atoms with Gasteiger partial charge < -0.3 is 25.2 Å². The summed E-state index contributed by atoms with van der Waals surface area (Å²) in [6.07, 6.45) is 1.17. The van der Waals surface area contributed by atoms with Crippen LogP contribution in [0.1, 0.15) is 53.7 Å². The van der Waals surface area contributed by atoms with Gasteiger partial charge in [0.05, 0.1) is 23.4 Å². The van der Waals surface area contributed by atoms with Crippen LogP contribution in [-0.4, -0.2) is 70.9 Å². The minimum absolute atomic E-state index is 0.101. The molecule has 0 spiro atoms. The van der Waals surface area contributed by atoms with Crippen molar-refractivity contribution >= 4 is 23.5 Å². The Morgan fingerprint density at radius 3 is 2.44 bits per heavy atom. The fraction of sp³-hybridized carbons (Fsp3) is 0.406. The Labute approximate surface area is 246 Å². The molecule has 1 saturated carbocycles. The number of aryl methyl sites for hydroxylation is 2. The molecule has 1 aliphatic carbocycles. The van der Waals surface area contributed by atoms with E-state index in [1.807, 2.05) is 58.3 Å². The Balaban J connectivity index is 1.74. The maximum absolute atomic E-state index is 13.4. The summed E-state index contributed by atoms with van der Waals surface area (Å²) in [5, 5.41) is 23.1. The monoisotopic (exact) mass is 579 g/mol. The number of aromatic nitrogens is 1. The van der Waals surface area contributed by atoms with Crippen molar-refractivity contribution in [2.24, 2.45) is 0 Å². The molecule has 8 nitrogen and oxygen atoms in total. The highest BCUT2D eigenvalue weighted by Crippen LogP contribution is 2.37. The average molecular weight is 580 g/mol. The molecule has 2 aromatic carbocycles. The highest BCUT2D eigenvalue weighted by atomic mass is 35.5. The Hall–Kier alpha value is -3.46. The maximum Gasteiger partial charge on any atom is 0.329 e. The molecule has 0 bridgehead atoms. The molecule has 1 aromatic heterocycles. The van der Waals surface area contributed by atoms with Crippen molar-refractivity contribution < 1.29 is 24.5 Å². The van der Waals surface area contributed by atoms with E-state index in [1.54, 1.807) is 12.1 Å². The normalized spacial score (nSPS) is 18.8. The summed E-state index contributed by atoms with van der Waals surface area (Å²) in [4.78, 5) is 32.5. The molecular formula is C32H38ClN3O5. The van der Waals surface area contributed by atoms with E-state index in [2.05, 4.69) is 16.3 Å². The van der Waals surface area contributed by atoms with Gasteiger partial charge in [0.2, 0.25) is 0 Å². The quantitative estimate of drug-likeness (QED) is 0.272. The zero-order chi connectivity index (χ0) is 29.7. The topological polar surface area (TPSA) is 112 Å². The van der Waals surface area contributed by atoms with E-state index in [1.165, 1.54) is 0 Å². The molecule has 0 radical (unpaired) electrons. The van der Waals surface area contributed by atoms with Gasteiger partial charge in [0.1, 0.15) is 17.0 Å². The van der Waals surface area contributed by atoms with Crippen LogP contribution in [-0.2, 0) is 4.79 Å². The van der Waals surface area contributed by atoms with Crippen LogP contribution in [0.4, 0.5) is 0 Å². The molecular weight excluding hydrogens is 542 g/mol. The summed E-state index contributed by atoms with van der Waals surface area (Å²) in [5.41, 5.74) is 3.92. The number of aliphatic hydroxyl groups excluding tert-OH is 1. The molecule has 9 heteroatoms. The van der Waals surface area contributed by atoms with Gasteiger partial charge in [-0.3, -0.25) is 4.79 Å². The van der Waals surface area contributed by atoms with Gasteiger partial charge in [-0.05, 0) is 95.4 Å². The number of hydrogen-bond acceptors (Lipinski definition) is 6. The van der Waals surface area contributed by atoms with E-state index < -0.39 is 23.5 Å². The lowest BCUT2D eigenvalue weighted by molar-refractivity contribution is -0.146. The fourth-order valence-corrected chi connectivity index (χ4v) is 5.40. The Morgan fingerprint density at radius 2 is 1.78 bits per heavy atom. The van der Waals surface area contributed by atoms with Gasteiger partial charge in [0, 0.05) is 17.7 Å². The summed E-state index contributed by atoms with van der Waals surface area (Å²) in [6.45, 7) is 5.43. The summed E-state index contributed by atoms with van der Waals surface area (Å²) < 4.78 is 6.01. The van der Waals surface area contributed by atoms with Crippen LogP contribution >= 0.6 is 11.6 Å². The molecule has 1 aliphatic rings. The molecule has 3 N–H and O–H groups in total. The Bertz CT molecular complexity index is 1420. The molecule has 0 saturated heterocycles. The lowest BCUT2D eigenvalue weighted by Crippen LogP contribution is -2.57. The number of carboxylic acids is 1. The number of benzene rings is 2. The summed E-state index contributed by atoms with van der Waals surface area (Å²) in [6, 6.07) is 15.0. The van der Waals surface area contributed by atoms with Crippen LogP contribution in [0.2, 0.25) is 5.02 Å². The largest absolute Gasteiger partial charge is 0.492 e. The van der Waals surface area contributed by atoms with Crippen molar-refractivity contribution in [3.05, 3.63) is 70.4 Å². The van der Waals surface area contributed by atoms with Crippen molar-refractivity contribution in [3.8, 4) is 28.1 Å². The van der Waals surface area contributed by atoms with Crippen LogP contribution < -0.4 is 10.1 Å². The second kappa shape index (κ2) is 13.0. The summed E-state index contributed by atoms with van der Waals surface area (Å²) >= 11 is 6.48. The maximum atomic E-state index is 13.4. The number of halogens is 1. The zero-order valence-electron chi connectivity index (χ0n) is 24.0. The first-order valence-electron chi connectivity index (χ1n) is 13.9. The molecule has 3 aromatic rings. The average Bonchev–Trinajstić information content (AvgIpc) is 2.93. The summed E-state index contributed by atoms with van der Waals surface area (Å²) in [5.74, 6) is -1.17. The van der Waals surface area contributed by atoms with Crippen LogP contribution in [0.5, 0.6) is 5.75 Å². The lowest BCUT2D eigenvalue weighted by atomic mass is 9.80. The molecule has 41 heavy (non-hydrogen) atoms. The van der Waals surface area contributed by atoms with E-state index in [0.717, 1.165) is 40.8 Å². The summed E-state index contributed by atoms with van der Waals surface area (Å²) in [7, 11) is 4.01. The SMILES string of the molecule is Cc1ccc(-c2ccc(C(=O)NC3(C(=O)O)CCC(O)CC3)nc2-c2ccc(Cl)c(OCCCN(C)C)c2)c(C)c1. The number of rotatable bonds is 10. The van der Waals surface area contributed by atoms with E-state index in [9.17, 15) is 19.8 Å². The van der Waals surface area contributed by atoms with Crippen LogP contribution in [0.15, 0.2) is 48.5 Å². The second-order valence-corrected chi connectivity index (χ2v) is 11.5. The van der Waals surface area contributed by atoms with Gasteiger partial charge in [-0.25, -0.2) is 9.78 Å². The van der Waals surface area contributed by atoms with E-state index in [0.29, 0.717) is 35.9 Å². The predicted molar refractivity (Wildman–Crippen MR) is 161 cm³/mol. The van der Waals surface area contributed by atoms with Gasteiger partial charge in [-0.2, -0.15) is 0 Å². The number of ether oxygens (including phenoxy) is 1. The predicted octanol–water partition coefficient (Wildman–Crippen LogP) is 5.50. The fourth-order valence-electron chi connectivity index (χ4n) is 5.23. The number of nitrogens with one attached hydrogen (secondary N) is 1. The van der Waals surface area contributed by atoms with E-state index in [-0.39, 0.29) is 18.5 Å². The molecule has 0 aliphatic heterocycles. The molecule has 1 fully saturated rings. The van der Waals surface area contributed by atoms with E-state index >= 15 is 0 Å². The van der Waals surface area contributed by atoms with Gasteiger partial charge in [0.25, 0.3) is 5.91 Å². The number of aliphatic hydroxyl groups is 1. The second-order valence-electron chi connectivity index (χ2n) is 11.1. The molecule has 218 valence electrons. The smallest absolute Gasteiger partial charge is 0.329 e. The molecule has 0 unspecified atom stereocenters. The third-order valence-electron chi connectivity index (χ3n) is 7.58. The van der Waals surface area contributed by atoms with Gasteiger partial charge in [0.15, 0.2) is 0 Å². The van der Waals surface area contributed by atoms with Crippen LogP contribution in [0, 0.1) is 13.8 Å². The van der Waals surface area contributed by atoms with Crippen molar-refractivity contribution in [1.29, 1.82) is 0 Å². The molecule has 4 rings (SSSR count). The minimum atomic E-state index is -1.45. The first-order chi connectivity index (χ1) is 19.5.